The molecule has 300 valence electrons. The van der Waals surface area contributed by atoms with Crippen LogP contribution >= 0.6 is 11.6 Å². The molecule has 0 aromatic heterocycles. The highest BCUT2D eigenvalue weighted by Crippen LogP contribution is 2.46. The fourth-order valence-corrected chi connectivity index (χ4v) is 10.3. The van der Waals surface area contributed by atoms with Gasteiger partial charge in [0.25, 0.3) is 17.7 Å². The number of carbonyl (C=O) groups excluding carboxylic acids is 5. The standard InChI is InChI=1S/C44H47ClN8O5/c1-27-22-44(26-52(27)34-7-4-29(23-46)37(45)21-34)14-18-49(19-15-44)32-5-2-28(3-6-32)41(56)50-16-12-30(13-17-50)47-31-24-51(25-31)33-8-9-35-36(20-33)43(58)53(42(35)57)38-10-11-39(54)48-40(38)55/h2-9,20-21,27,30-31,38,47H,10-19,22,24-26H2,1H3,(H,48,54,55)/t27-,38?/m0/s1. The van der Waals surface area contributed by atoms with E-state index >= 15 is 0 Å². The summed E-state index contributed by atoms with van der Waals surface area (Å²) in [6.45, 7) is 8.11. The molecular weight excluding hydrogens is 756 g/mol. The monoisotopic (exact) mass is 802 g/mol. The summed E-state index contributed by atoms with van der Waals surface area (Å²) >= 11 is 6.37. The lowest BCUT2D eigenvalue weighted by Crippen LogP contribution is -2.61. The van der Waals surface area contributed by atoms with E-state index < -0.39 is 29.7 Å². The number of nitriles is 1. The third-order valence-corrected chi connectivity index (χ3v) is 13.7. The summed E-state index contributed by atoms with van der Waals surface area (Å²) in [4.78, 5) is 73.9. The van der Waals surface area contributed by atoms with Gasteiger partial charge >= 0.3 is 0 Å². The molecule has 1 unspecified atom stereocenters. The number of nitrogens with zero attached hydrogens (tertiary/aromatic N) is 6. The van der Waals surface area contributed by atoms with E-state index in [2.05, 4.69) is 50.5 Å². The molecule has 13 nitrogen and oxygen atoms in total. The van der Waals surface area contributed by atoms with Crippen molar-refractivity contribution in [2.24, 2.45) is 5.41 Å². The van der Waals surface area contributed by atoms with Gasteiger partial charge in [-0.05, 0) is 112 Å². The first-order chi connectivity index (χ1) is 28.0. The van der Waals surface area contributed by atoms with E-state index in [4.69, 9.17) is 11.6 Å². The first kappa shape index (κ1) is 38.1. The summed E-state index contributed by atoms with van der Waals surface area (Å²) < 4.78 is 0. The zero-order chi connectivity index (χ0) is 40.3. The van der Waals surface area contributed by atoms with Gasteiger partial charge in [0.1, 0.15) is 12.1 Å². The maximum Gasteiger partial charge on any atom is 0.262 e. The van der Waals surface area contributed by atoms with Crippen molar-refractivity contribution < 1.29 is 24.0 Å². The Morgan fingerprint density at radius 3 is 2.21 bits per heavy atom. The molecule has 5 saturated heterocycles. The molecule has 0 saturated carbocycles. The van der Waals surface area contributed by atoms with Crippen LogP contribution in [-0.4, -0.2) is 109 Å². The molecular formula is C44H47ClN8O5. The smallest absolute Gasteiger partial charge is 0.262 e. The quantitative estimate of drug-likeness (QED) is 0.326. The van der Waals surface area contributed by atoms with Crippen molar-refractivity contribution in [3.05, 3.63) is 87.9 Å². The Labute approximate surface area is 342 Å². The fraction of sp³-hybridized carbons (Fsp3) is 0.455. The van der Waals surface area contributed by atoms with E-state index in [1.54, 1.807) is 12.1 Å². The van der Waals surface area contributed by atoms with Crippen LogP contribution in [0.2, 0.25) is 5.02 Å². The lowest BCUT2D eigenvalue weighted by Gasteiger charge is -2.44. The van der Waals surface area contributed by atoms with Gasteiger partial charge in [0.15, 0.2) is 0 Å². The Kier molecular flexibility index (Phi) is 9.88. The maximum absolute atomic E-state index is 13.5. The van der Waals surface area contributed by atoms with Crippen LogP contribution in [0.15, 0.2) is 60.7 Å². The predicted molar refractivity (Wildman–Crippen MR) is 219 cm³/mol. The third-order valence-electron chi connectivity index (χ3n) is 13.4. The molecule has 14 heteroatoms. The lowest BCUT2D eigenvalue weighted by molar-refractivity contribution is -0.136. The Hall–Kier alpha value is -5.45. The van der Waals surface area contributed by atoms with Crippen LogP contribution < -0.4 is 25.3 Å². The summed E-state index contributed by atoms with van der Waals surface area (Å²) in [5.41, 5.74) is 5.12. The normalized spacial score (nSPS) is 23.6. The summed E-state index contributed by atoms with van der Waals surface area (Å²) in [5.74, 6) is -1.94. The van der Waals surface area contributed by atoms with Crippen molar-refractivity contribution in [1.82, 2.24) is 20.4 Å². The summed E-state index contributed by atoms with van der Waals surface area (Å²) in [7, 11) is 0. The summed E-state index contributed by atoms with van der Waals surface area (Å²) in [5, 5.41) is 15.8. The first-order valence-electron chi connectivity index (χ1n) is 20.5. The maximum atomic E-state index is 13.5. The number of likely N-dealkylation sites (tertiary alicyclic amines) is 1. The number of carbonyl (C=O) groups is 5. The molecule has 0 radical (unpaired) electrons. The first-order valence-corrected chi connectivity index (χ1v) is 20.8. The Bertz CT molecular complexity index is 2220. The second kappa shape index (κ2) is 15.1. The van der Waals surface area contributed by atoms with Gasteiger partial charge in [-0.3, -0.25) is 34.2 Å². The van der Waals surface area contributed by atoms with Crippen molar-refractivity contribution in [3.8, 4) is 6.07 Å². The van der Waals surface area contributed by atoms with E-state index in [0.29, 0.717) is 35.8 Å². The number of hydrogen-bond acceptors (Lipinski definition) is 10. The van der Waals surface area contributed by atoms with Crippen LogP contribution in [0.5, 0.6) is 0 Å². The zero-order valence-corrected chi connectivity index (χ0v) is 33.3. The fourth-order valence-electron chi connectivity index (χ4n) is 10.1. The minimum Gasteiger partial charge on any atom is -0.371 e. The molecule has 6 aliphatic rings. The van der Waals surface area contributed by atoms with E-state index in [0.717, 1.165) is 92.4 Å². The third kappa shape index (κ3) is 6.96. The molecule has 1 spiro atoms. The van der Waals surface area contributed by atoms with Crippen LogP contribution in [0.25, 0.3) is 0 Å². The zero-order valence-electron chi connectivity index (χ0n) is 32.6. The SMILES string of the molecule is C[C@H]1CC2(CCN(c3ccc(C(=O)N4CCC(NC5CN(c6ccc7c(c6)C(=O)N(C6CCC(=O)NC6=O)C7=O)C5)CC4)cc3)CC2)CN1c1ccc(C#N)c(Cl)c1. The van der Waals surface area contributed by atoms with E-state index in [9.17, 15) is 29.2 Å². The topological polar surface area (TPSA) is 149 Å². The van der Waals surface area contributed by atoms with Gasteiger partial charge < -0.3 is 24.9 Å². The Balaban J connectivity index is 0.721. The average Bonchev–Trinajstić information content (AvgIpc) is 3.66. The van der Waals surface area contributed by atoms with Gasteiger partial charge in [0, 0.05) is 93.0 Å². The number of anilines is 3. The number of amides is 5. The Morgan fingerprint density at radius 1 is 0.828 bits per heavy atom. The average molecular weight is 803 g/mol. The van der Waals surface area contributed by atoms with Crippen molar-refractivity contribution in [2.75, 3.05) is 60.5 Å². The van der Waals surface area contributed by atoms with Crippen molar-refractivity contribution in [1.29, 1.82) is 5.26 Å². The number of hydrogen-bond donors (Lipinski definition) is 2. The van der Waals surface area contributed by atoms with Crippen LogP contribution in [-0.2, 0) is 9.59 Å². The minimum atomic E-state index is -0.981. The molecule has 9 rings (SSSR count). The molecule has 58 heavy (non-hydrogen) atoms. The molecule has 6 heterocycles. The van der Waals surface area contributed by atoms with E-state index in [1.165, 1.54) is 0 Å². The molecule has 2 atom stereocenters. The van der Waals surface area contributed by atoms with Crippen molar-refractivity contribution >= 4 is 58.2 Å². The summed E-state index contributed by atoms with van der Waals surface area (Å²) in [6, 6.07) is 21.3. The molecule has 3 aromatic carbocycles. The van der Waals surface area contributed by atoms with Crippen molar-refractivity contribution in [2.45, 2.75) is 76.0 Å². The molecule has 2 N–H and O–H groups in total. The molecule has 5 fully saturated rings. The lowest BCUT2D eigenvalue weighted by atomic mass is 9.76. The number of rotatable bonds is 7. The predicted octanol–water partition coefficient (Wildman–Crippen LogP) is 4.58. The molecule has 5 amide bonds. The highest BCUT2D eigenvalue weighted by Gasteiger charge is 2.46. The van der Waals surface area contributed by atoms with Gasteiger partial charge in [0.2, 0.25) is 11.8 Å². The van der Waals surface area contributed by atoms with Gasteiger partial charge in [-0.1, -0.05) is 11.6 Å². The van der Waals surface area contributed by atoms with E-state index in [-0.39, 0.29) is 41.3 Å². The van der Waals surface area contributed by atoms with Crippen LogP contribution in [0.1, 0.15) is 88.5 Å². The number of imide groups is 2. The number of piperidine rings is 3. The highest BCUT2D eigenvalue weighted by molar-refractivity contribution is 6.32. The second-order valence-electron chi connectivity index (χ2n) is 17.0. The number of fused-ring (bicyclic) bond motifs is 1. The van der Waals surface area contributed by atoms with Crippen molar-refractivity contribution in [3.63, 3.8) is 0 Å². The molecule has 0 aliphatic carbocycles. The van der Waals surface area contributed by atoms with Crippen LogP contribution in [0, 0.1) is 16.7 Å². The van der Waals surface area contributed by atoms with Gasteiger partial charge in [-0.25, -0.2) is 0 Å². The molecule has 0 bridgehead atoms. The van der Waals surface area contributed by atoms with Gasteiger partial charge in [-0.2, -0.15) is 5.26 Å². The second-order valence-corrected chi connectivity index (χ2v) is 17.4. The largest absolute Gasteiger partial charge is 0.371 e. The molecule has 6 aliphatic heterocycles. The van der Waals surface area contributed by atoms with Gasteiger partial charge in [0.05, 0.1) is 21.7 Å². The van der Waals surface area contributed by atoms with E-state index in [1.807, 2.05) is 41.3 Å². The van der Waals surface area contributed by atoms with Crippen LogP contribution in [0.4, 0.5) is 17.1 Å². The molecule has 3 aromatic rings. The minimum absolute atomic E-state index is 0.0705. The number of benzene rings is 3. The Morgan fingerprint density at radius 2 is 1.52 bits per heavy atom. The number of nitrogens with one attached hydrogen (secondary N) is 2. The number of halogens is 1. The van der Waals surface area contributed by atoms with Crippen LogP contribution in [0.3, 0.4) is 0 Å². The highest BCUT2D eigenvalue weighted by atomic mass is 35.5. The summed E-state index contributed by atoms with van der Waals surface area (Å²) in [6.07, 6.45) is 5.29. The van der Waals surface area contributed by atoms with Gasteiger partial charge in [-0.15, -0.1) is 0 Å².